The van der Waals surface area contributed by atoms with E-state index in [9.17, 15) is 9.59 Å². The third kappa shape index (κ3) is 3.73. The SMILES string of the molecule is O=C(O)/C=C/c1ccc(C(=O)NCC2CC2)cc1. The van der Waals surface area contributed by atoms with Crippen molar-refractivity contribution in [2.45, 2.75) is 12.8 Å². The number of hydrogen-bond donors (Lipinski definition) is 2. The molecule has 1 aromatic carbocycles. The zero-order chi connectivity index (χ0) is 13.0. The summed E-state index contributed by atoms with van der Waals surface area (Å²) >= 11 is 0. The van der Waals surface area contributed by atoms with Crippen LogP contribution in [-0.4, -0.2) is 23.5 Å². The van der Waals surface area contributed by atoms with Gasteiger partial charge in [-0.05, 0) is 42.5 Å². The monoisotopic (exact) mass is 245 g/mol. The number of carboxylic acids is 1. The Morgan fingerprint density at radius 2 is 1.94 bits per heavy atom. The lowest BCUT2D eigenvalue weighted by atomic mass is 10.1. The van der Waals surface area contributed by atoms with E-state index in [0.29, 0.717) is 11.5 Å². The quantitative estimate of drug-likeness (QED) is 0.779. The first-order valence-electron chi connectivity index (χ1n) is 5.94. The van der Waals surface area contributed by atoms with Crippen LogP contribution in [0.2, 0.25) is 0 Å². The molecule has 2 rings (SSSR count). The molecule has 1 aliphatic rings. The molecule has 94 valence electrons. The number of benzene rings is 1. The van der Waals surface area contributed by atoms with E-state index in [1.807, 2.05) is 0 Å². The lowest BCUT2D eigenvalue weighted by molar-refractivity contribution is -0.131. The van der Waals surface area contributed by atoms with Crippen LogP contribution in [0.4, 0.5) is 0 Å². The van der Waals surface area contributed by atoms with Gasteiger partial charge in [0.25, 0.3) is 5.91 Å². The van der Waals surface area contributed by atoms with Crippen LogP contribution < -0.4 is 5.32 Å². The molecule has 0 saturated heterocycles. The fraction of sp³-hybridized carbons (Fsp3) is 0.286. The van der Waals surface area contributed by atoms with Gasteiger partial charge in [-0.2, -0.15) is 0 Å². The van der Waals surface area contributed by atoms with Crippen LogP contribution in [0.25, 0.3) is 6.08 Å². The summed E-state index contributed by atoms with van der Waals surface area (Å²) in [7, 11) is 0. The van der Waals surface area contributed by atoms with Crippen molar-refractivity contribution >= 4 is 18.0 Å². The molecule has 1 aliphatic carbocycles. The van der Waals surface area contributed by atoms with Crippen LogP contribution in [0.5, 0.6) is 0 Å². The van der Waals surface area contributed by atoms with Gasteiger partial charge in [-0.15, -0.1) is 0 Å². The molecular formula is C14H15NO3. The van der Waals surface area contributed by atoms with Crippen LogP contribution in [-0.2, 0) is 4.79 Å². The molecule has 0 heterocycles. The molecule has 0 spiro atoms. The lowest BCUT2D eigenvalue weighted by Gasteiger charge is -2.04. The molecule has 0 aliphatic heterocycles. The smallest absolute Gasteiger partial charge is 0.328 e. The molecule has 0 atom stereocenters. The first kappa shape index (κ1) is 12.4. The molecule has 2 N–H and O–H groups in total. The normalized spacial score (nSPS) is 14.7. The average Bonchev–Trinajstić information content (AvgIpc) is 3.18. The number of rotatable bonds is 5. The minimum atomic E-state index is -0.985. The minimum Gasteiger partial charge on any atom is -0.478 e. The van der Waals surface area contributed by atoms with Gasteiger partial charge in [0.2, 0.25) is 0 Å². The summed E-state index contributed by atoms with van der Waals surface area (Å²) in [6.45, 7) is 0.750. The Morgan fingerprint density at radius 1 is 1.28 bits per heavy atom. The van der Waals surface area contributed by atoms with E-state index in [4.69, 9.17) is 5.11 Å². The Bertz CT molecular complexity index is 472. The first-order chi connectivity index (χ1) is 8.65. The summed E-state index contributed by atoms with van der Waals surface area (Å²) in [6, 6.07) is 6.85. The molecule has 18 heavy (non-hydrogen) atoms. The van der Waals surface area contributed by atoms with Crippen LogP contribution in [0.1, 0.15) is 28.8 Å². The highest BCUT2D eigenvalue weighted by Gasteiger charge is 2.21. The van der Waals surface area contributed by atoms with Crippen LogP contribution >= 0.6 is 0 Å². The Morgan fingerprint density at radius 3 is 2.50 bits per heavy atom. The zero-order valence-electron chi connectivity index (χ0n) is 9.93. The number of hydrogen-bond acceptors (Lipinski definition) is 2. The molecule has 4 nitrogen and oxygen atoms in total. The molecule has 1 fully saturated rings. The number of carboxylic acid groups (broad SMARTS) is 1. The van der Waals surface area contributed by atoms with Crippen molar-refractivity contribution in [1.29, 1.82) is 0 Å². The fourth-order valence-electron chi connectivity index (χ4n) is 1.57. The lowest BCUT2D eigenvalue weighted by Crippen LogP contribution is -2.25. The summed E-state index contributed by atoms with van der Waals surface area (Å²) in [6.07, 6.45) is 4.98. The summed E-state index contributed by atoms with van der Waals surface area (Å²) < 4.78 is 0. The second-order valence-corrected chi connectivity index (χ2v) is 4.45. The predicted molar refractivity (Wildman–Crippen MR) is 68.2 cm³/mol. The van der Waals surface area contributed by atoms with E-state index >= 15 is 0 Å². The summed E-state index contributed by atoms with van der Waals surface area (Å²) in [4.78, 5) is 22.1. The van der Waals surface area contributed by atoms with Gasteiger partial charge in [-0.25, -0.2) is 4.79 Å². The second-order valence-electron chi connectivity index (χ2n) is 4.45. The molecule has 4 heteroatoms. The maximum absolute atomic E-state index is 11.7. The first-order valence-corrected chi connectivity index (χ1v) is 5.94. The molecule has 0 aromatic heterocycles. The Hall–Kier alpha value is -2.10. The maximum Gasteiger partial charge on any atom is 0.328 e. The Kier molecular flexibility index (Phi) is 3.77. The van der Waals surface area contributed by atoms with E-state index in [0.717, 1.165) is 18.2 Å². The van der Waals surface area contributed by atoms with Crippen molar-refractivity contribution in [3.05, 3.63) is 41.5 Å². The van der Waals surface area contributed by atoms with Crippen molar-refractivity contribution in [2.75, 3.05) is 6.54 Å². The summed E-state index contributed by atoms with van der Waals surface area (Å²) in [5.41, 5.74) is 1.36. The van der Waals surface area contributed by atoms with Crippen molar-refractivity contribution < 1.29 is 14.7 Å². The highest BCUT2D eigenvalue weighted by Crippen LogP contribution is 2.27. The van der Waals surface area contributed by atoms with E-state index < -0.39 is 5.97 Å². The van der Waals surface area contributed by atoms with Gasteiger partial charge in [0.15, 0.2) is 0 Å². The predicted octanol–water partition coefficient (Wildman–Crippen LogP) is 1.92. The third-order valence-electron chi connectivity index (χ3n) is 2.84. The van der Waals surface area contributed by atoms with Crippen molar-refractivity contribution in [1.82, 2.24) is 5.32 Å². The highest BCUT2D eigenvalue weighted by molar-refractivity contribution is 5.94. The van der Waals surface area contributed by atoms with E-state index in [1.54, 1.807) is 24.3 Å². The standard InChI is InChI=1S/C14H15NO3/c16-13(17)8-5-10-3-6-12(7-4-10)14(18)15-9-11-1-2-11/h3-8,11H,1-2,9H2,(H,15,18)(H,16,17)/b8-5+. The van der Waals surface area contributed by atoms with Crippen molar-refractivity contribution in [3.63, 3.8) is 0 Å². The van der Waals surface area contributed by atoms with Gasteiger partial charge in [0.05, 0.1) is 0 Å². The molecule has 1 aromatic rings. The van der Waals surface area contributed by atoms with Gasteiger partial charge < -0.3 is 10.4 Å². The van der Waals surface area contributed by atoms with Crippen molar-refractivity contribution in [3.8, 4) is 0 Å². The Labute approximate surface area is 105 Å². The number of aliphatic carboxylic acids is 1. The molecule has 0 radical (unpaired) electrons. The van der Waals surface area contributed by atoms with Gasteiger partial charge in [-0.3, -0.25) is 4.79 Å². The molecular weight excluding hydrogens is 230 g/mol. The van der Waals surface area contributed by atoms with Crippen LogP contribution in [0, 0.1) is 5.92 Å². The van der Waals surface area contributed by atoms with E-state index in [-0.39, 0.29) is 5.91 Å². The maximum atomic E-state index is 11.7. The van der Waals surface area contributed by atoms with Crippen molar-refractivity contribution in [2.24, 2.45) is 5.92 Å². The number of amides is 1. The largest absolute Gasteiger partial charge is 0.478 e. The summed E-state index contributed by atoms with van der Waals surface area (Å²) in [5, 5.41) is 11.4. The fourth-order valence-corrected chi connectivity index (χ4v) is 1.57. The second kappa shape index (κ2) is 5.49. The third-order valence-corrected chi connectivity index (χ3v) is 2.84. The Balaban J connectivity index is 1.93. The molecule has 0 unspecified atom stereocenters. The average molecular weight is 245 g/mol. The minimum absolute atomic E-state index is 0.0735. The van der Waals surface area contributed by atoms with Gasteiger partial charge >= 0.3 is 5.97 Å². The van der Waals surface area contributed by atoms with E-state index in [1.165, 1.54) is 18.9 Å². The zero-order valence-corrected chi connectivity index (χ0v) is 9.93. The topological polar surface area (TPSA) is 66.4 Å². The van der Waals surface area contributed by atoms with Crippen LogP contribution in [0.3, 0.4) is 0 Å². The molecule has 0 bridgehead atoms. The highest BCUT2D eigenvalue weighted by atomic mass is 16.4. The molecule has 1 amide bonds. The van der Waals surface area contributed by atoms with Gasteiger partial charge in [0, 0.05) is 18.2 Å². The van der Waals surface area contributed by atoms with Crippen LogP contribution in [0.15, 0.2) is 30.3 Å². The van der Waals surface area contributed by atoms with E-state index in [2.05, 4.69) is 5.32 Å². The number of carbonyl (C=O) groups is 2. The molecule has 1 saturated carbocycles. The van der Waals surface area contributed by atoms with Gasteiger partial charge in [-0.1, -0.05) is 12.1 Å². The number of carbonyl (C=O) groups excluding carboxylic acids is 1. The summed E-state index contributed by atoms with van der Waals surface area (Å²) in [5.74, 6) is -0.399. The number of nitrogens with one attached hydrogen (secondary N) is 1. The van der Waals surface area contributed by atoms with Gasteiger partial charge in [0.1, 0.15) is 0 Å².